The van der Waals surface area contributed by atoms with Crippen LogP contribution in [0, 0.1) is 0 Å². The second-order valence-corrected chi connectivity index (χ2v) is 6.08. The molecule has 2 rings (SSSR count). The zero-order chi connectivity index (χ0) is 15.1. The lowest BCUT2D eigenvalue weighted by Crippen LogP contribution is -2.54. The average Bonchev–Trinajstić information content (AvgIpc) is 2.76. The smallest absolute Gasteiger partial charge is 0.311 e. The van der Waals surface area contributed by atoms with Gasteiger partial charge in [-0.05, 0) is 12.8 Å². The maximum absolute atomic E-state index is 12.2. The van der Waals surface area contributed by atoms with E-state index in [2.05, 4.69) is 10.2 Å². The zero-order valence-electron chi connectivity index (χ0n) is 12.9. The Morgan fingerprint density at radius 2 is 1.62 bits per heavy atom. The highest BCUT2D eigenvalue weighted by molar-refractivity contribution is 6.35. The van der Waals surface area contributed by atoms with Crippen LogP contribution in [-0.2, 0) is 9.59 Å². The topological polar surface area (TPSA) is 78.7 Å². The average molecular weight is 296 g/mol. The number of rotatable bonds is 3. The van der Waals surface area contributed by atoms with Crippen molar-refractivity contribution in [2.75, 3.05) is 39.3 Å². The molecule has 120 valence electrons. The first kappa shape index (κ1) is 16.2. The number of piperazine rings is 1. The number of hydrogen-bond acceptors (Lipinski definition) is 4. The molecular weight excluding hydrogens is 268 g/mol. The van der Waals surface area contributed by atoms with Crippen molar-refractivity contribution in [1.82, 2.24) is 15.1 Å². The molecule has 0 aromatic rings. The quantitative estimate of drug-likeness (QED) is 0.564. The minimum atomic E-state index is -0.422. The Balaban J connectivity index is 1.75. The number of carbonyl (C=O) groups excluding carboxylic acids is 2. The van der Waals surface area contributed by atoms with Crippen molar-refractivity contribution in [3.8, 4) is 0 Å². The van der Waals surface area contributed by atoms with E-state index < -0.39 is 5.91 Å². The lowest BCUT2D eigenvalue weighted by atomic mass is 10.1. The van der Waals surface area contributed by atoms with Gasteiger partial charge in [0, 0.05) is 45.3 Å². The van der Waals surface area contributed by atoms with E-state index in [4.69, 9.17) is 5.73 Å². The Hall–Kier alpha value is -1.14. The second-order valence-electron chi connectivity index (χ2n) is 6.08. The summed E-state index contributed by atoms with van der Waals surface area (Å²) in [6.07, 6.45) is 6.78. The van der Waals surface area contributed by atoms with Gasteiger partial charge in [-0.25, -0.2) is 0 Å². The van der Waals surface area contributed by atoms with E-state index in [0.717, 1.165) is 45.3 Å². The van der Waals surface area contributed by atoms with Gasteiger partial charge in [0.25, 0.3) is 0 Å². The second kappa shape index (κ2) is 8.34. The van der Waals surface area contributed by atoms with Crippen LogP contribution in [0.3, 0.4) is 0 Å². The summed E-state index contributed by atoms with van der Waals surface area (Å²) in [6, 6.07) is 0.183. The fourth-order valence-corrected chi connectivity index (χ4v) is 3.17. The molecule has 6 nitrogen and oxygen atoms in total. The van der Waals surface area contributed by atoms with Crippen LogP contribution < -0.4 is 11.1 Å². The summed E-state index contributed by atoms with van der Waals surface area (Å²) in [5, 5.41) is 2.93. The van der Waals surface area contributed by atoms with Crippen LogP contribution in [0.2, 0.25) is 0 Å². The predicted octanol–water partition coefficient (Wildman–Crippen LogP) is -0.0717. The van der Waals surface area contributed by atoms with Crippen LogP contribution in [0.15, 0.2) is 0 Å². The monoisotopic (exact) mass is 296 g/mol. The van der Waals surface area contributed by atoms with Gasteiger partial charge in [-0.15, -0.1) is 0 Å². The molecule has 1 aliphatic carbocycles. The maximum Gasteiger partial charge on any atom is 0.311 e. The number of nitrogens with two attached hydrogens (primary N) is 1. The molecule has 0 bridgehead atoms. The number of amides is 2. The number of nitrogens with one attached hydrogen (secondary N) is 1. The fraction of sp³-hybridized carbons (Fsp3) is 0.867. The Bertz CT molecular complexity index is 346. The summed E-state index contributed by atoms with van der Waals surface area (Å²) >= 11 is 0. The largest absolute Gasteiger partial charge is 0.345 e. The van der Waals surface area contributed by atoms with E-state index in [1.165, 1.54) is 12.8 Å². The lowest BCUT2D eigenvalue weighted by Gasteiger charge is -2.34. The first-order valence-corrected chi connectivity index (χ1v) is 8.23. The Kier molecular flexibility index (Phi) is 6.45. The fourth-order valence-electron chi connectivity index (χ4n) is 3.17. The summed E-state index contributed by atoms with van der Waals surface area (Å²) in [5.74, 6) is -0.791. The molecule has 0 spiro atoms. The van der Waals surface area contributed by atoms with Crippen LogP contribution in [0.5, 0.6) is 0 Å². The van der Waals surface area contributed by atoms with Gasteiger partial charge in [-0.1, -0.05) is 25.7 Å². The first-order valence-electron chi connectivity index (χ1n) is 8.23. The molecule has 3 N–H and O–H groups in total. The molecule has 2 fully saturated rings. The van der Waals surface area contributed by atoms with Crippen molar-refractivity contribution in [2.24, 2.45) is 5.73 Å². The molecule has 1 aliphatic heterocycles. The van der Waals surface area contributed by atoms with Gasteiger partial charge >= 0.3 is 11.8 Å². The zero-order valence-corrected chi connectivity index (χ0v) is 12.9. The molecule has 2 aliphatic rings. The third-order valence-electron chi connectivity index (χ3n) is 4.49. The van der Waals surface area contributed by atoms with Crippen molar-refractivity contribution in [2.45, 2.75) is 44.6 Å². The molecule has 6 heteroatoms. The maximum atomic E-state index is 12.2. The third kappa shape index (κ3) is 4.97. The molecule has 21 heavy (non-hydrogen) atoms. The van der Waals surface area contributed by atoms with Crippen molar-refractivity contribution in [3.05, 3.63) is 0 Å². The standard InChI is InChI=1S/C15H28N4O2/c16-7-8-18-9-11-19(12-10-18)15(21)14(20)17-13-5-3-1-2-4-6-13/h13H,1-12,16H2,(H,17,20). The van der Waals surface area contributed by atoms with E-state index in [0.29, 0.717) is 19.6 Å². The van der Waals surface area contributed by atoms with Crippen molar-refractivity contribution < 1.29 is 9.59 Å². The molecule has 1 heterocycles. The van der Waals surface area contributed by atoms with Crippen LogP contribution in [0.25, 0.3) is 0 Å². The van der Waals surface area contributed by atoms with Crippen LogP contribution in [0.1, 0.15) is 38.5 Å². The molecule has 1 saturated heterocycles. The molecule has 0 radical (unpaired) electrons. The van der Waals surface area contributed by atoms with Crippen LogP contribution in [0.4, 0.5) is 0 Å². The molecule has 0 aromatic carbocycles. The van der Waals surface area contributed by atoms with E-state index in [1.54, 1.807) is 4.90 Å². The molecule has 0 atom stereocenters. The van der Waals surface area contributed by atoms with E-state index in [-0.39, 0.29) is 11.9 Å². The van der Waals surface area contributed by atoms with E-state index in [9.17, 15) is 9.59 Å². The normalized spacial score (nSPS) is 21.9. The molecule has 1 saturated carbocycles. The van der Waals surface area contributed by atoms with Gasteiger partial charge in [0.2, 0.25) is 0 Å². The van der Waals surface area contributed by atoms with Crippen molar-refractivity contribution in [1.29, 1.82) is 0 Å². The highest BCUT2D eigenvalue weighted by Gasteiger charge is 2.27. The molecule has 2 amide bonds. The SMILES string of the molecule is NCCN1CCN(C(=O)C(=O)NC2CCCCCC2)CC1. The highest BCUT2D eigenvalue weighted by atomic mass is 16.2. The summed E-state index contributed by atoms with van der Waals surface area (Å²) in [6.45, 7) is 4.35. The van der Waals surface area contributed by atoms with Gasteiger partial charge < -0.3 is 16.0 Å². The van der Waals surface area contributed by atoms with E-state index >= 15 is 0 Å². The van der Waals surface area contributed by atoms with Gasteiger partial charge in [0.05, 0.1) is 0 Å². The van der Waals surface area contributed by atoms with Gasteiger partial charge in [0.15, 0.2) is 0 Å². The Labute approximate surface area is 127 Å². The summed E-state index contributed by atoms with van der Waals surface area (Å²) < 4.78 is 0. The minimum absolute atomic E-state index is 0.183. The number of carbonyl (C=O) groups is 2. The van der Waals surface area contributed by atoms with Crippen molar-refractivity contribution in [3.63, 3.8) is 0 Å². The lowest BCUT2D eigenvalue weighted by molar-refractivity contribution is -0.147. The molecule has 0 aromatic heterocycles. The number of hydrogen-bond donors (Lipinski definition) is 2. The third-order valence-corrected chi connectivity index (χ3v) is 4.49. The highest BCUT2D eigenvalue weighted by Crippen LogP contribution is 2.17. The summed E-state index contributed by atoms with van der Waals surface area (Å²) in [7, 11) is 0. The number of nitrogens with zero attached hydrogens (tertiary/aromatic N) is 2. The van der Waals surface area contributed by atoms with Gasteiger partial charge in [0.1, 0.15) is 0 Å². The molecular formula is C15H28N4O2. The van der Waals surface area contributed by atoms with Crippen LogP contribution in [-0.4, -0.2) is 66.9 Å². The van der Waals surface area contributed by atoms with Crippen molar-refractivity contribution >= 4 is 11.8 Å². The van der Waals surface area contributed by atoms with Gasteiger partial charge in [-0.3, -0.25) is 14.5 Å². The predicted molar refractivity (Wildman–Crippen MR) is 81.7 cm³/mol. The first-order chi connectivity index (χ1) is 10.2. The van der Waals surface area contributed by atoms with Gasteiger partial charge in [-0.2, -0.15) is 0 Å². The Morgan fingerprint density at radius 1 is 1.00 bits per heavy atom. The minimum Gasteiger partial charge on any atom is -0.345 e. The van der Waals surface area contributed by atoms with E-state index in [1.807, 2.05) is 0 Å². The molecule has 0 unspecified atom stereocenters. The summed E-state index contributed by atoms with van der Waals surface area (Å²) in [5.41, 5.74) is 5.53. The summed E-state index contributed by atoms with van der Waals surface area (Å²) in [4.78, 5) is 28.2. The Morgan fingerprint density at radius 3 is 2.19 bits per heavy atom. The van der Waals surface area contributed by atoms with Crippen LogP contribution >= 0.6 is 0 Å².